The van der Waals surface area contributed by atoms with Gasteiger partial charge in [-0.3, -0.25) is 0 Å². The maximum Gasteiger partial charge on any atom is 0.127 e. The molecule has 2 rings (SSSR count). The van der Waals surface area contributed by atoms with Crippen molar-refractivity contribution in [1.29, 1.82) is 0 Å². The van der Waals surface area contributed by atoms with Crippen LogP contribution in [0, 0.1) is 0 Å². The van der Waals surface area contributed by atoms with Gasteiger partial charge in [0, 0.05) is 11.1 Å². The third kappa shape index (κ3) is 3.10. The fourth-order valence-corrected chi connectivity index (χ4v) is 2.32. The van der Waals surface area contributed by atoms with Gasteiger partial charge >= 0.3 is 0 Å². The maximum atomic E-state index is 10.7. The van der Waals surface area contributed by atoms with Gasteiger partial charge in [0.05, 0.1) is 7.11 Å². The molecule has 0 heterocycles. The van der Waals surface area contributed by atoms with E-state index in [0.29, 0.717) is 5.56 Å². The average Bonchev–Trinajstić information content (AvgIpc) is 2.46. The minimum atomic E-state index is -0.176. The fraction of sp³-hybridized carbons (Fsp3) is 0.263. The largest absolute Gasteiger partial charge is 0.507 e. The molecule has 0 saturated heterocycles. The predicted octanol–water partition coefficient (Wildman–Crippen LogP) is 4.76. The van der Waals surface area contributed by atoms with Crippen LogP contribution in [-0.4, -0.2) is 12.2 Å². The van der Waals surface area contributed by atoms with Crippen LogP contribution >= 0.6 is 0 Å². The van der Waals surface area contributed by atoms with Gasteiger partial charge in [-0.2, -0.15) is 0 Å². The van der Waals surface area contributed by atoms with Gasteiger partial charge in [0.15, 0.2) is 0 Å². The van der Waals surface area contributed by atoms with Crippen LogP contribution in [0.15, 0.2) is 49.0 Å². The van der Waals surface area contributed by atoms with Gasteiger partial charge in [0.2, 0.25) is 0 Å². The van der Waals surface area contributed by atoms with E-state index in [4.69, 9.17) is 4.74 Å². The smallest absolute Gasteiger partial charge is 0.127 e. The van der Waals surface area contributed by atoms with E-state index in [1.807, 2.05) is 42.5 Å². The van der Waals surface area contributed by atoms with Gasteiger partial charge in [-0.25, -0.2) is 0 Å². The lowest BCUT2D eigenvalue weighted by molar-refractivity contribution is 0.405. The highest BCUT2D eigenvalue weighted by Crippen LogP contribution is 2.40. The van der Waals surface area contributed by atoms with Crippen molar-refractivity contribution in [1.82, 2.24) is 0 Å². The zero-order valence-corrected chi connectivity index (χ0v) is 13.1. The quantitative estimate of drug-likeness (QED) is 0.879. The van der Waals surface area contributed by atoms with Crippen molar-refractivity contribution in [2.24, 2.45) is 0 Å². The van der Waals surface area contributed by atoms with Crippen LogP contribution in [0.1, 0.15) is 37.5 Å². The Balaban J connectivity index is 2.61. The second-order valence-corrected chi connectivity index (χ2v) is 6.17. The number of rotatable bonds is 3. The lowest BCUT2D eigenvalue weighted by Gasteiger charge is -2.23. The van der Waals surface area contributed by atoms with Crippen LogP contribution in [0.3, 0.4) is 0 Å². The molecule has 0 aromatic heterocycles. The Kier molecular flexibility index (Phi) is 4.08. The van der Waals surface area contributed by atoms with E-state index in [2.05, 4.69) is 27.4 Å². The minimum absolute atomic E-state index is 0.176. The molecule has 0 amide bonds. The maximum absolute atomic E-state index is 10.7. The van der Waals surface area contributed by atoms with E-state index >= 15 is 0 Å². The second-order valence-electron chi connectivity index (χ2n) is 6.17. The van der Waals surface area contributed by atoms with Crippen LogP contribution in [0.4, 0.5) is 0 Å². The molecule has 0 aliphatic carbocycles. The summed E-state index contributed by atoms with van der Waals surface area (Å²) >= 11 is 0. The molecule has 0 radical (unpaired) electrons. The molecule has 0 atom stereocenters. The molecule has 0 fully saturated rings. The van der Waals surface area contributed by atoms with E-state index in [0.717, 1.165) is 22.4 Å². The SMILES string of the molecule is C=C(c1ccccc1)c1cc(OC)cc(C(C)(C)C)c1O. The Bertz CT molecular complexity index is 649. The first-order chi connectivity index (χ1) is 9.84. The molecule has 21 heavy (non-hydrogen) atoms. The third-order valence-corrected chi connectivity index (χ3v) is 3.57. The summed E-state index contributed by atoms with van der Waals surface area (Å²) < 4.78 is 5.38. The first-order valence-electron chi connectivity index (χ1n) is 7.00. The monoisotopic (exact) mass is 282 g/mol. The Morgan fingerprint density at radius 1 is 1.10 bits per heavy atom. The number of methoxy groups -OCH3 is 1. The van der Waals surface area contributed by atoms with E-state index in [9.17, 15) is 5.11 Å². The first kappa shape index (κ1) is 15.2. The molecule has 0 unspecified atom stereocenters. The third-order valence-electron chi connectivity index (χ3n) is 3.57. The summed E-state index contributed by atoms with van der Waals surface area (Å²) in [6.07, 6.45) is 0. The predicted molar refractivity (Wildman–Crippen MR) is 87.9 cm³/mol. The molecule has 2 aromatic carbocycles. The van der Waals surface area contributed by atoms with E-state index < -0.39 is 0 Å². The Labute approximate surface area is 126 Å². The highest BCUT2D eigenvalue weighted by atomic mass is 16.5. The van der Waals surface area contributed by atoms with Gasteiger partial charge in [-0.1, -0.05) is 57.7 Å². The van der Waals surface area contributed by atoms with Gasteiger partial charge in [-0.15, -0.1) is 0 Å². The zero-order chi connectivity index (χ0) is 15.6. The summed E-state index contributed by atoms with van der Waals surface area (Å²) in [6, 6.07) is 13.6. The van der Waals surface area contributed by atoms with Crippen molar-refractivity contribution in [3.8, 4) is 11.5 Å². The molecule has 2 heteroatoms. The number of ether oxygens (including phenoxy) is 1. The van der Waals surface area contributed by atoms with Gasteiger partial charge in [-0.05, 0) is 28.7 Å². The summed E-state index contributed by atoms with van der Waals surface area (Å²) in [5, 5.41) is 10.7. The van der Waals surface area contributed by atoms with Crippen molar-refractivity contribution in [3.63, 3.8) is 0 Å². The lowest BCUT2D eigenvalue weighted by atomic mass is 9.83. The summed E-state index contributed by atoms with van der Waals surface area (Å²) in [6.45, 7) is 10.3. The normalized spacial score (nSPS) is 11.2. The summed E-state index contributed by atoms with van der Waals surface area (Å²) in [5.41, 5.74) is 3.17. The van der Waals surface area contributed by atoms with Crippen LogP contribution in [0.25, 0.3) is 5.57 Å². The van der Waals surface area contributed by atoms with Crippen molar-refractivity contribution >= 4 is 5.57 Å². The number of phenolic OH excluding ortho intramolecular Hbond substituents is 1. The van der Waals surface area contributed by atoms with Gasteiger partial charge in [0.25, 0.3) is 0 Å². The van der Waals surface area contributed by atoms with E-state index in [1.54, 1.807) is 7.11 Å². The van der Waals surface area contributed by atoms with Crippen LogP contribution < -0.4 is 4.74 Å². The molecule has 0 aliphatic heterocycles. The molecule has 2 nitrogen and oxygen atoms in total. The van der Waals surface area contributed by atoms with E-state index in [1.165, 1.54) is 0 Å². The fourth-order valence-electron chi connectivity index (χ4n) is 2.32. The number of hydrogen-bond donors (Lipinski definition) is 1. The molecule has 0 saturated carbocycles. The standard InChI is InChI=1S/C19H22O2/c1-13(14-9-7-6-8-10-14)16-11-15(21-5)12-17(18(16)20)19(2,3)4/h6-12,20H,1H2,2-5H3. The summed E-state index contributed by atoms with van der Waals surface area (Å²) in [4.78, 5) is 0. The summed E-state index contributed by atoms with van der Waals surface area (Å²) in [5.74, 6) is 1.00. The average molecular weight is 282 g/mol. The van der Waals surface area contributed by atoms with Crippen LogP contribution in [0.2, 0.25) is 0 Å². The molecular formula is C19H22O2. The highest BCUT2D eigenvalue weighted by molar-refractivity contribution is 5.82. The second kappa shape index (κ2) is 5.65. The summed E-state index contributed by atoms with van der Waals surface area (Å²) in [7, 11) is 1.63. The first-order valence-corrected chi connectivity index (χ1v) is 7.00. The zero-order valence-electron chi connectivity index (χ0n) is 13.1. The van der Waals surface area contributed by atoms with Crippen molar-refractivity contribution in [2.75, 3.05) is 7.11 Å². The van der Waals surface area contributed by atoms with Crippen LogP contribution in [0.5, 0.6) is 11.5 Å². The Morgan fingerprint density at radius 2 is 1.71 bits per heavy atom. The number of aromatic hydroxyl groups is 1. The van der Waals surface area contributed by atoms with Gasteiger partial charge in [0.1, 0.15) is 11.5 Å². The minimum Gasteiger partial charge on any atom is -0.507 e. The lowest BCUT2D eigenvalue weighted by Crippen LogP contribution is -2.12. The van der Waals surface area contributed by atoms with Gasteiger partial charge < -0.3 is 9.84 Å². The van der Waals surface area contributed by atoms with Crippen molar-refractivity contribution in [2.45, 2.75) is 26.2 Å². The molecule has 0 bridgehead atoms. The molecule has 1 N–H and O–H groups in total. The molecule has 0 spiro atoms. The highest BCUT2D eigenvalue weighted by Gasteiger charge is 2.23. The van der Waals surface area contributed by atoms with Crippen molar-refractivity contribution in [3.05, 3.63) is 65.7 Å². The Hall–Kier alpha value is -2.22. The number of benzene rings is 2. The molecular weight excluding hydrogens is 260 g/mol. The van der Waals surface area contributed by atoms with Crippen LogP contribution in [-0.2, 0) is 5.41 Å². The Morgan fingerprint density at radius 3 is 2.24 bits per heavy atom. The topological polar surface area (TPSA) is 29.5 Å². The van der Waals surface area contributed by atoms with Crippen molar-refractivity contribution < 1.29 is 9.84 Å². The number of hydrogen-bond acceptors (Lipinski definition) is 2. The molecule has 110 valence electrons. The van der Waals surface area contributed by atoms with E-state index in [-0.39, 0.29) is 11.2 Å². The molecule has 2 aromatic rings. The molecule has 0 aliphatic rings. The number of phenols is 1.